The summed E-state index contributed by atoms with van der Waals surface area (Å²) >= 11 is 0. The molecule has 0 saturated carbocycles. The molecule has 0 saturated heterocycles. The third-order valence-electron chi connectivity index (χ3n) is 3.19. The molecule has 2 rings (SSSR count). The Hall–Kier alpha value is -1.35. The van der Waals surface area contributed by atoms with Crippen LogP contribution < -0.4 is 5.32 Å². The van der Waals surface area contributed by atoms with Gasteiger partial charge in [0.25, 0.3) is 0 Å². The molecule has 1 unspecified atom stereocenters. The van der Waals surface area contributed by atoms with E-state index in [0.717, 1.165) is 30.4 Å². The number of rotatable bonds is 5. The summed E-state index contributed by atoms with van der Waals surface area (Å²) in [5.41, 5.74) is 0.968. The van der Waals surface area contributed by atoms with E-state index in [0.29, 0.717) is 6.04 Å². The molecule has 0 amide bonds. The molecule has 1 heterocycles. The molecule has 92 valence electrons. The summed E-state index contributed by atoms with van der Waals surface area (Å²) in [7, 11) is 0. The third-order valence-corrected chi connectivity index (χ3v) is 3.19. The van der Waals surface area contributed by atoms with E-state index in [4.69, 9.17) is 0 Å². The summed E-state index contributed by atoms with van der Waals surface area (Å²) < 4.78 is 15.3. The van der Waals surface area contributed by atoms with Crippen LogP contribution in [0.5, 0.6) is 0 Å². The summed E-state index contributed by atoms with van der Waals surface area (Å²) in [5.74, 6) is -0.174. The van der Waals surface area contributed by atoms with E-state index < -0.39 is 0 Å². The fourth-order valence-corrected chi connectivity index (χ4v) is 1.93. The van der Waals surface area contributed by atoms with Gasteiger partial charge in [-0.25, -0.2) is 4.39 Å². The quantitative estimate of drug-likeness (QED) is 0.840. The van der Waals surface area contributed by atoms with Crippen molar-refractivity contribution in [1.29, 1.82) is 0 Å². The molecule has 0 radical (unpaired) electrons. The fraction of sp³-hybridized carbons (Fsp3) is 0.429. The lowest BCUT2D eigenvalue weighted by molar-refractivity contribution is 0.508. The van der Waals surface area contributed by atoms with Gasteiger partial charge >= 0.3 is 0 Å². The minimum Gasteiger partial charge on any atom is -0.346 e. The first-order valence-corrected chi connectivity index (χ1v) is 6.18. The van der Waals surface area contributed by atoms with Crippen molar-refractivity contribution in [2.75, 3.05) is 6.54 Å². The van der Waals surface area contributed by atoms with Crippen LogP contribution in [0.3, 0.4) is 0 Å². The van der Waals surface area contributed by atoms with Crippen LogP contribution in [-0.2, 0) is 6.54 Å². The molecule has 3 heteroatoms. The van der Waals surface area contributed by atoms with Gasteiger partial charge in [0.15, 0.2) is 0 Å². The summed E-state index contributed by atoms with van der Waals surface area (Å²) in [6.07, 6.45) is 3.14. The van der Waals surface area contributed by atoms with E-state index in [2.05, 4.69) is 23.7 Å². The average Bonchev–Trinajstić information content (AvgIpc) is 2.72. The molecular weight excluding hydrogens is 215 g/mol. The second-order valence-corrected chi connectivity index (χ2v) is 4.48. The van der Waals surface area contributed by atoms with Crippen LogP contribution in [0, 0.1) is 5.82 Å². The maximum Gasteiger partial charge on any atom is 0.125 e. The highest BCUT2D eigenvalue weighted by molar-refractivity contribution is 5.80. The first-order valence-electron chi connectivity index (χ1n) is 6.18. The predicted octanol–water partition coefficient (Wildman–Crippen LogP) is 3.17. The third kappa shape index (κ3) is 2.86. The maximum absolute atomic E-state index is 13.2. The minimum absolute atomic E-state index is 0.174. The lowest BCUT2D eigenvalue weighted by Gasteiger charge is -2.12. The molecular formula is C14H19FN2. The van der Waals surface area contributed by atoms with E-state index in [1.807, 2.05) is 18.3 Å². The summed E-state index contributed by atoms with van der Waals surface area (Å²) in [5, 5.41) is 4.53. The van der Waals surface area contributed by atoms with Gasteiger partial charge in [-0.2, -0.15) is 0 Å². The second-order valence-electron chi connectivity index (χ2n) is 4.48. The van der Waals surface area contributed by atoms with Crippen molar-refractivity contribution in [1.82, 2.24) is 9.88 Å². The van der Waals surface area contributed by atoms with E-state index in [9.17, 15) is 4.39 Å². The Balaban J connectivity index is 2.06. The van der Waals surface area contributed by atoms with Gasteiger partial charge in [-0.3, -0.25) is 0 Å². The zero-order valence-electron chi connectivity index (χ0n) is 10.4. The van der Waals surface area contributed by atoms with E-state index in [-0.39, 0.29) is 5.82 Å². The summed E-state index contributed by atoms with van der Waals surface area (Å²) in [4.78, 5) is 0. The molecule has 0 bridgehead atoms. The van der Waals surface area contributed by atoms with Gasteiger partial charge in [0.2, 0.25) is 0 Å². The Morgan fingerprint density at radius 3 is 2.94 bits per heavy atom. The van der Waals surface area contributed by atoms with Crippen LogP contribution in [0.4, 0.5) is 4.39 Å². The van der Waals surface area contributed by atoms with Crippen LogP contribution in [0.15, 0.2) is 30.5 Å². The Morgan fingerprint density at radius 1 is 1.35 bits per heavy atom. The van der Waals surface area contributed by atoms with Gasteiger partial charge in [0, 0.05) is 25.3 Å². The largest absolute Gasteiger partial charge is 0.346 e. The first kappa shape index (κ1) is 12.1. The van der Waals surface area contributed by atoms with Crippen molar-refractivity contribution < 1.29 is 4.39 Å². The van der Waals surface area contributed by atoms with Gasteiger partial charge < -0.3 is 9.88 Å². The number of hydrogen-bond acceptors (Lipinski definition) is 1. The Morgan fingerprint density at radius 2 is 2.18 bits per heavy atom. The number of halogens is 1. The highest BCUT2D eigenvalue weighted by Gasteiger charge is 2.02. The highest BCUT2D eigenvalue weighted by Crippen LogP contribution is 2.16. The van der Waals surface area contributed by atoms with Gasteiger partial charge in [-0.15, -0.1) is 0 Å². The number of fused-ring (bicyclic) bond motifs is 1. The van der Waals surface area contributed by atoms with E-state index >= 15 is 0 Å². The molecule has 0 aliphatic carbocycles. The topological polar surface area (TPSA) is 17.0 Å². The number of benzene rings is 1. The molecule has 1 aromatic heterocycles. The molecule has 2 aromatic rings. The molecule has 1 aromatic carbocycles. The molecule has 0 aliphatic rings. The van der Waals surface area contributed by atoms with Crippen LogP contribution in [0.25, 0.3) is 10.9 Å². The van der Waals surface area contributed by atoms with Crippen molar-refractivity contribution >= 4 is 10.9 Å². The average molecular weight is 234 g/mol. The Bertz CT molecular complexity index is 490. The SMILES string of the molecule is CCC(C)NCCn1ccc2ccc(F)cc21. The lowest BCUT2D eigenvalue weighted by Crippen LogP contribution is -2.28. The second kappa shape index (κ2) is 5.32. The predicted molar refractivity (Wildman–Crippen MR) is 69.7 cm³/mol. The van der Waals surface area contributed by atoms with Crippen molar-refractivity contribution in [3.8, 4) is 0 Å². The van der Waals surface area contributed by atoms with Crippen LogP contribution in [0.1, 0.15) is 20.3 Å². The van der Waals surface area contributed by atoms with Crippen LogP contribution in [0.2, 0.25) is 0 Å². The molecule has 2 nitrogen and oxygen atoms in total. The zero-order valence-corrected chi connectivity index (χ0v) is 10.4. The standard InChI is InChI=1S/C14H19FN2/c1-3-11(2)16-7-9-17-8-6-12-4-5-13(15)10-14(12)17/h4-6,8,10-11,16H,3,7,9H2,1-2H3. The summed E-state index contributed by atoms with van der Waals surface area (Å²) in [6, 6.07) is 7.48. The van der Waals surface area contributed by atoms with E-state index in [1.54, 1.807) is 6.07 Å². The first-order chi connectivity index (χ1) is 8.20. The normalized spacial score (nSPS) is 13.1. The number of hydrogen-bond donors (Lipinski definition) is 1. The van der Waals surface area contributed by atoms with Crippen molar-refractivity contribution in [2.45, 2.75) is 32.9 Å². The summed E-state index contributed by atoms with van der Waals surface area (Å²) in [6.45, 7) is 6.12. The molecule has 1 atom stereocenters. The van der Waals surface area contributed by atoms with Crippen LogP contribution >= 0.6 is 0 Å². The molecule has 1 N–H and O–H groups in total. The zero-order chi connectivity index (χ0) is 12.3. The van der Waals surface area contributed by atoms with Gasteiger partial charge in [0.1, 0.15) is 5.82 Å². The smallest absolute Gasteiger partial charge is 0.125 e. The van der Waals surface area contributed by atoms with Gasteiger partial charge in [0.05, 0.1) is 5.52 Å². The molecule has 0 fully saturated rings. The molecule has 0 spiro atoms. The minimum atomic E-state index is -0.174. The van der Waals surface area contributed by atoms with Crippen molar-refractivity contribution in [3.63, 3.8) is 0 Å². The highest BCUT2D eigenvalue weighted by atomic mass is 19.1. The number of aromatic nitrogens is 1. The fourth-order valence-electron chi connectivity index (χ4n) is 1.93. The molecule has 17 heavy (non-hydrogen) atoms. The van der Waals surface area contributed by atoms with Crippen LogP contribution in [-0.4, -0.2) is 17.2 Å². The Labute approximate surface area is 101 Å². The van der Waals surface area contributed by atoms with Crippen molar-refractivity contribution in [3.05, 3.63) is 36.3 Å². The van der Waals surface area contributed by atoms with Crippen molar-refractivity contribution in [2.24, 2.45) is 0 Å². The maximum atomic E-state index is 13.2. The number of nitrogens with one attached hydrogen (secondary N) is 1. The monoisotopic (exact) mass is 234 g/mol. The van der Waals surface area contributed by atoms with E-state index in [1.165, 1.54) is 6.07 Å². The Kier molecular flexibility index (Phi) is 3.79. The lowest BCUT2D eigenvalue weighted by atomic mass is 10.2. The number of nitrogens with zero attached hydrogens (tertiary/aromatic N) is 1. The van der Waals surface area contributed by atoms with Gasteiger partial charge in [-0.05, 0) is 43.0 Å². The molecule has 0 aliphatic heterocycles. The van der Waals surface area contributed by atoms with Gasteiger partial charge in [-0.1, -0.05) is 6.92 Å².